The van der Waals surface area contributed by atoms with E-state index < -0.39 is 0 Å². The SMILES string of the molecule is CC1=C(C)C(c2ccc(C(C)(C)C)cc2)=[C-]C1.CC1=C(C)C(c2ccc(C(C)(C)C)cc2)=[C-]C1.[Cl-].[Cl-].[Zr+4]. The molecule has 0 saturated heterocycles. The Kier molecular flexibility index (Phi) is 13.9. The third-order valence-electron chi connectivity index (χ3n) is 7.17. The van der Waals surface area contributed by atoms with Gasteiger partial charge in [-0.3, -0.25) is 0 Å². The van der Waals surface area contributed by atoms with Gasteiger partial charge in [-0.2, -0.15) is 34.4 Å². The number of hydrogen-bond acceptors (Lipinski definition) is 0. The zero-order valence-corrected chi connectivity index (χ0v) is 28.3. The molecule has 0 aliphatic heterocycles. The van der Waals surface area contributed by atoms with Crippen LogP contribution in [0.25, 0.3) is 11.1 Å². The Hall–Kier alpha value is -1.14. The Balaban J connectivity index is 0.000000648. The van der Waals surface area contributed by atoms with E-state index in [9.17, 15) is 0 Å². The van der Waals surface area contributed by atoms with Crippen molar-refractivity contribution in [3.63, 3.8) is 0 Å². The fraction of sp³-hybridized carbons (Fsp3) is 0.412. The first-order chi connectivity index (χ1) is 15.8. The van der Waals surface area contributed by atoms with Crippen LogP contribution >= 0.6 is 0 Å². The Bertz CT molecular complexity index is 1060. The molecule has 0 atom stereocenters. The van der Waals surface area contributed by atoms with Crippen molar-refractivity contribution < 1.29 is 51.0 Å². The summed E-state index contributed by atoms with van der Waals surface area (Å²) in [5.74, 6) is 0. The maximum absolute atomic E-state index is 3.47. The summed E-state index contributed by atoms with van der Waals surface area (Å²) in [6.45, 7) is 22.3. The topological polar surface area (TPSA) is 0 Å². The normalized spacial score (nSPS) is 15.1. The molecule has 0 bridgehead atoms. The van der Waals surface area contributed by atoms with Crippen LogP contribution in [0.15, 0.2) is 70.8 Å². The second kappa shape index (κ2) is 14.3. The van der Waals surface area contributed by atoms with Gasteiger partial charge in [0, 0.05) is 0 Å². The summed E-state index contributed by atoms with van der Waals surface area (Å²) < 4.78 is 0. The quantitative estimate of drug-likeness (QED) is 0.453. The first kappa shape index (κ1) is 35.9. The van der Waals surface area contributed by atoms with Gasteiger partial charge in [0.25, 0.3) is 0 Å². The van der Waals surface area contributed by atoms with Crippen LogP contribution in [0.5, 0.6) is 0 Å². The van der Waals surface area contributed by atoms with Gasteiger partial charge in [0.15, 0.2) is 0 Å². The van der Waals surface area contributed by atoms with Crippen LogP contribution in [0.3, 0.4) is 0 Å². The van der Waals surface area contributed by atoms with E-state index in [4.69, 9.17) is 0 Å². The summed E-state index contributed by atoms with van der Waals surface area (Å²) in [5, 5.41) is 0. The fourth-order valence-electron chi connectivity index (χ4n) is 4.31. The predicted octanol–water partition coefficient (Wildman–Crippen LogP) is 3.83. The van der Waals surface area contributed by atoms with Gasteiger partial charge in [-0.05, 0) is 22.0 Å². The average molecular weight is 613 g/mol. The molecule has 4 rings (SSSR count). The van der Waals surface area contributed by atoms with Crippen LogP contribution in [0.4, 0.5) is 0 Å². The predicted molar refractivity (Wildman–Crippen MR) is 150 cm³/mol. The van der Waals surface area contributed by atoms with Crippen LogP contribution in [-0.4, -0.2) is 0 Å². The minimum absolute atomic E-state index is 0. The molecule has 0 nitrogen and oxygen atoms in total. The zero-order chi connectivity index (χ0) is 25.3. The fourth-order valence-corrected chi connectivity index (χ4v) is 4.31. The number of rotatable bonds is 2. The van der Waals surface area contributed by atoms with Crippen LogP contribution in [0, 0.1) is 12.2 Å². The molecule has 0 aromatic heterocycles. The number of allylic oxidation sites excluding steroid dienone is 8. The monoisotopic (exact) mass is 610 g/mol. The van der Waals surface area contributed by atoms with E-state index >= 15 is 0 Å². The van der Waals surface area contributed by atoms with E-state index in [2.05, 4.69) is 130 Å². The Labute approximate surface area is 258 Å². The van der Waals surface area contributed by atoms with Gasteiger partial charge in [0.2, 0.25) is 0 Å². The zero-order valence-electron chi connectivity index (χ0n) is 24.3. The molecule has 196 valence electrons. The van der Waals surface area contributed by atoms with Crippen molar-refractivity contribution in [2.24, 2.45) is 0 Å². The molecule has 0 N–H and O–H groups in total. The molecule has 2 aliphatic carbocycles. The second-order valence-corrected chi connectivity index (χ2v) is 11.9. The average Bonchev–Trinajstić information content (AvgIpc) is 3.29. The van der Waals surface area contributed by atoms with Gasteiger partial charge >= 0.3 is 26.2 Å². The summed E-state index contributed by atoms with van der Waals surface area (Å²) in [7, 11) is 0. The van der Waals surface area contributed by atoms with Crippen molar-refractivity contribution in [2.45, 2.75) is 92.9 Å². The molecule has 0 amide bonds. The smallest absolute Gasteiger partial charge is 1.00 e. The maximum atomic E-state index is 3.47. The minimum atomic E-state index is 0. The van der Waals surface area contributed by atoms with Gasteiger partial charge in [0.05, 0.1) is 0 Å². The molecule has 37 heavy (non-hydrogen) atoms. The number of halogens is 2. The van der Waals surface area contributed by atoms with E-state index in [1.54, 1.807) is 0 Å². The van der Waals surface area contributed by atoms with E-state index in [1.165, 1.54) is 55.7 Å². The third-order valence-corrected chi connectivity index (χ3v) is 7.17. The molecule has 2 aliphatic rings. The Morgan fingerprint density at radius 1 is 0.514 bits per heavy atom. The Morgan fingerprint density at radius 2 is 0.784 bits per heavy atom. The van der Waals surface area contributed by atoms with Gasteiger partial charge in [0.1, 0.15) is 0 Å². The van der Waals surface area contributed by atoms with Crippen molar-refractivity contribution in [2.75, 3.05) is 0 Å². The molecule has 0 unspecified atom stereocenters. The first-order valence-electron chi connectivity index (χ1n) is 12.6. The molecule has 0 fully saturated rings. The van der Waals surface area contributed by atoms with Crippen molar-refractivity contribution in [3.8, 4) is 0 Å². The largest absolute Gasteiger partial charge is 4.00 e. The second-order valence-electron chi connectivity index (χ2n) is 11.9. The molecule has 0 radical (unpaired) electrons. The summed E-state index contributed by atoms with van der Waals surface area (Å²) in [6, 6.07) is 17.9. The van der Waals surface area contributed by atoms with E-state index in [0.29, 0.717) is 0 Å². The summed E-state index contributed by atoms with van der Waals surface area (Å²) >= 11 is 0. The number of benzene rings is 2. The number of hydrogen-bond donors (Lipinski definition) is 0. The van der Waals surface area contributed by atoms with E-state index in [0.717, 1.165) is 12.8 Å². The molecular formula is C34H42Cl2Zr. The van der Waals surface area contributed by atoms with Gasteiger partial charge < -0.3 is 24.8 Å². The van der Waals surface area contributed by atoms with Crippen LogP contribution < -0.4 is 24.8 Å². The third kappa shape index (κ3) is 8.95. The van der Waals surface area contributed by atoms with Gasteiger partial charge in [-0.1, -0.05) is 106 Å². The molecular weight excluding hydrogens is 571 g/mol. The van der Waals surface area contributed by atoms with Gasteiger partial charge in [-0.15, -0.1) is 46.5 Å². The molecule has 3 heteroatoms. The van der Waals surface area contributed by atoms with Crippen LogP contribution in [-0.2, 0) is 37.0 Å². The van der Waals surface area contributed by atoms with E-state index in [1.807, 2.05) is 0 Å². The molecule has 0 saturated carbocycles. The summed E-state index contributed by atoms with van der Waals surface area (Å²) in [5.41, 5.74) is 14.1. The summed E-state index contributed by atoms with van der Waals surface area (Å²) in [6.07, 6.45) is 8.92. The van der Waals surface area contributed by atoms with Crippen LogP contribution in [0.2, 0.25) is 0 Å². The molecule has 0 heterocycles. The van der Waals surface area contributed by atoms with E-state index in [-0.39, 0.29) is 61.8 Å². The standard InChI is InChI=1S/2C17H21.2ClH.Zr/c2*1-12-6-11-16(13(12)2)14-7-9-15(10-8-14)17(3,4)5;;;/h2*7-10H,6H2,1-5H3;2*1H;/q2*-1;;;+4/p-2. The molecule has 2 aromatic rings. The van der Waals surface area contributed by atoms with Crippen molar-refractivity contribution in [1.82, 2.24) is 0 Å². The summed E-state index contributed by atoms with van der Waals surface area (Å²) in [4.78, 5) is 0. The molecule has 2 aromatic carbocycles. The molecule has 0 spiro atoms. The Morgan fingerprint density at radius 3 is 0.973 bits per heavy atom. The minimum Gasteiger partial charge on any atom is -1.00 e. The first-order valence-corrected chi connectivity index (χ1v) is 12.6. The van der Waals surface area contributed by atoms with Crippen molar-refractivity contribution in [1.29, 1.82) is 0 Å². The van der Waals surface area contributed by atoms with Crippen molar-refractivity contribution in [3.05, 3.63) is 105 Å². The van der Waals surface area contributed by atoms with Crippen LogP contribution in [0.1, 0.15) is 104 Å². The van der Waals surface area contributed by atoms with Gasteiger partial charge in [-0.25, -0.2) is 0 Å². The van der Waals surface area contributed by atoms with Crippen molar-refractivity contribution >= 4 is 11.1 Å². The maximum Gasteiger partial charge on any atom is 4.00 e.